The van der Waals surface area contributed by atoms with E-state index in [4.69, 9.17) is 14.2 Å². The van der Waals surface area contributed by atoms with Crippen LogP contribution in [0.25, 0.3) is 22.4 Å². The van der Waals surface area contributed by atoms with Crippen LogP contribution < -0.4 is 4.74 Å². The van der Waals surface area contributed by atoms with Crippen LogP contribution in [0.4, 0.5) is 9.18 Å². The molecular weight excluding hydrogens is 469 g/mol. The molecule has 3 aromatic rings. The zero-order valence-electron chi connectivity index (χ0n) is 20.6. The first kappa shape index (κ1) is 24.2. The second-order valence-corrected chi connectivity index (χ2v) is 10.2. The number of phenols is 1. The largest absolute Gasteiger partial charge is 0.505 e. The summed E-state index contributed by atoms with van der Waals surface area (Å²) in [5.41, 5.74) is 0.380. The molecule has 2 aliphatic heterocycles. The van der Waals surface area contributed by atoms with Gasteiger partial charge in [-0.05, 0) is 58.2 Å². The van der Waals surface area contributed by atoms with E-state index >= 15 is 0 Å². The van der Waals surface area contributed by atoms with Crippen molar-refractivity contribution in [2.24, 2.45) is 5.92 Å². The fourth-order valence-electron chi connectivity index (χ4n) is 4.26. The summed E-state index contributed by atoms with van der Waals surface area (Å²) in [6.45, 7) is 7.53. The third-order valence-corrected chi connectivity index (χ3v) is 6.12. The number of halogens is 1. The number of aromatic hydroxyl groups is 1. The molecule has 1 amide bonds. The summed E-state index contributed by atoms with van der Waals surface area (Å²) in [6.07, 6.45) is 3.89. The van der Waals surface area contributed by atoms with Crippen LogP contribution in [0.1, 0.15) is 46.3 Å². The van der Waals surface area contributed by atoms with Gasteiger partial charge in [-0.1, -0.05) is 0 Å². The van der Waals surface area contributed by atoms with Crippen molar-refractivity contribution in [2.75, 3.05) is 26.3 Å². The van der Waals surface area contributed by atoms with Crippen molar-refractivity contribution in [3.8, 4) is 23.0 Å². The summed E-state index contributed by atoms with van der Waals surface area (Å²) in [5.74, 6) is -0.524. The molecule has 2 aromatic heterocycles. The number of carbonyl (C=O) groups is 1. The number of nitrogens with zero attached hydrogens (tertiary/aromatic N) is 5. The Morgan fingerprint density at radius 2 is 2.06 bits per heavy atom. The van der Waals surface area contributed by atoms with Gasteiger partial charge in [-0.2, -0.15) is 10.1 Å². The van der Waals surface area contributed by atoms with Crippen molar-refractivity contribution in [1.82, 2.24) is 24.6 Å². The molecule has 1 aromatic carbocycles. The van der Waals surface area contributed by atoms with Crippen LogP contribution in [-0.4, -0.2) is 67.8 Å². The molecule has 2 aliphatic rings. The minimum absolute atomic E-state index is 0.119. The lowest BCUT2D eigenvalue weighted by Gasteiger charge is -2.39. The summed E-state index contributed by atoms with van der Waals surface area (Å²) in [4.78, 5) is 23.1. The first-order valence-electron chi connectivity index (χ1n) is 12.1. The van der Waals surface area contributed by atoms with Crippen molar-refractivity contribution >= 4 is 17.1 Å². The number of likely N-dealkylation sites (tertiary alicyclic amines) is 1. The highest BCUT2D eigenvalue weighted by molar-refractivity contribution is 5.82. The van der Waals surface area contributed by atoms with Crippen molar-refractivity contribution in [3.05, 3.63) is 30.2 Å². The van der Waals surface area contributed by atoms with Gasteiger partial charge < -0.3 is 24.2 Å². The van der Waals surface area contributed by atoms with Crippen LogP contribution in [-0.2, 0) is 9.47 Å². The van der Waals surface area contributed by atoms with E-state index in [1.54, 1.807) is 21.8 Å². The van der Waals surface area contributed by atoms with Crippen molar-refractivity contribution in [3.63, 3.8) is 0 Å². The number of ether oxygens (including phenoxy) is 3. The van der Waals surface area contributed by atoms with Gasteiger partial charge in [-0.3, -0.25) is 0 Å². The predicted octanol–water partition coefficient (Wildman–Crippen LogP) is 4.28. The molecular formula is C25H30FN5O5. The molecule has 0 bridgehead atoms. The summed E-state index contributed by atoms with van der Waals surface area (Å²) in [5, 5.41) is 14.7. The van der Waals surface area contributed by atoms with E-state index < -0.39 is 17.2 Å². The summed E-state index contributed by atoms with van der Waals surface area (Å²) in [6, 6.07) is 3.99. The molecule has 192 valence electrons. The topological polar surface area (TPSA) is 112 Å². The van der Waals surface area contributed by atoms with Gasteiger partial charge in [-0.15, -0.1) is 0 Å². The molecule has 4 heterocycles. The molecule has 0 aliphatic carbocycles. The fourth-order valence-corrected chi connectivity index (χ4v) is 4.26. The molecule has 1 atom stereocenters. The number of rotatable bonds is 5. The number of carbonyl (C=O) groups excluding carboxylic acids is 1. The Hall–Kier alpha value is -3.47. The highest BCUT2D eigenvalue weighted by Crippen LogP contribution is 2.32. The molecule has 5 rings (SSSR count). The van der Waals surface area contributed by atoms with E-state index in [1.165, 1.54) is 12.1 Å². The Morgan fingerprint density at radius 1 is 1.25 bits per heavy atom. The minimum Gasteiger partial charge on any atom is -0.505 e. The maximum absolute atomic E-state index is 14.1. The van der Waals surface area contributed by atoms with Gasteiger partial charge >= 0.3 is 6.09 Å². The van der Waals surface area contributed by atoms with Gasteiger partial charge in [0.2, 0.25) is 5.88 Å². The zero-order chi connectivity index (χ0) is 25.4. The number of amides is 1. The van der Waals surface area contributed by atoms with Crippen LogP contribution >= 0.6 is 0 Å². The second-order valence-electron chi connectivity index (χ2n) is 10.2. The van der Waals surface area contributed by atoms with Gasteiger partial charge in [-0.25, -0.2) is 18.9 Å². The third kappa shape index (κ3) is 5.06. The van der Waals surface area contributed by atoms with Gasteiger partial charge in [0.15, 0.2) is 29.3 Å². The Kier molecular flexibility index (Phi) is 6.42. The fraction of sp³-hybridized carbons (Fsp3) is 0.520. The van der Waals surface area contributed by atoms with E-state index in [0.717, 1.165) is 19.3 Å². The lowest BCUT2D eigenvalue weighted by Crippen LogP contribution is -2.53. The highest BCUT2D eigenvalue weighted by atomic mass is 19.1. The molecule has 10 nitrogen and oxygen atoms in total. The van der Waals surface area contributed by atoms with E-state index in [1.807, 2.05) is 20.8 Å². The van der Waals surface area contributed by atoms with Crippen LogP contribution in [0, 0.1) is 11.7 Å². The Morgan fingerprint density at radius 3 is 2.75 bits per heavy atom. The lowest BCUT2D eigenvalue weighted by atomic mass is 10.0. The molecule has 2 saturated heterocycles. The van der Waals surface area contributed by atoms with Crippen molar-refractivity contribution in [1.29, 1.82) is 0 Å². The SMILES string of the molecule is CC(C)(C)OC(=O)N1CC(COc2nc(-c3ccc(O)c(F)c3)nc3c2cnn3C2CCCCO2)C1. The lowest BCUT2D eigenvalue weighted by molar-refractivity contribution is -0.0370. The molecule has 36 heavy (non-hydrogen) atoms. The molecule has 11 heteroatoms. The number of hydrogen-bond donors (Lipinski definition) is 1. The number of fused-ring (bicyclic) bond motifs is 1. The molecule has 2 fully saturated rings. The van der Waals surface area contributed by atoms with E-state index in [2.05, 4.69) is 15.1 Å². The van der Waals surface area contributed by atoms with Gasteiger partial charge in [0, 0.05) is 31.2 Å². The molecule has 1 N–H and O–H groups in total. The van der Waals surface area contributed by atoms with Crippen LogP contribution in [0.2, 0.25) is 0 Å². The van der Waals surface area contributed by atoms with Gasteiger partial charge in [0.05, 0.1) is 12.8 Å². The van der Waals surface area contributed by atoms with Crippen LogP contribution in [0.5, 0.6) is 11.6 Å². The van der Waals surface area contributed by atoms with Gasteiger partial charge in [0.1, 0.15) is 11.0 Å². The van der Waals surface area contributed by atoms with Crippen molar-refractivity contribution in [2.45, 2.75) is 51.9 Å². The minimum atomic E-state index is -0.764. The third-order valence-electron chi connectivity index (χ3n) is 6.12. The molecule has 0 radical (unpaired) electrons. The normalized spacial score (nSPS) is 18.8. The maximum Gasteiger partial charge on any atom is 0.410 e. The summed E-state index contributed by atoms with van der Waals surface area (Å²) >= 11 is 0. The Balaban J connectivity index is 1.39. The zero-order valence-corrected chi connectivity index (χ0v) is 20.6. The second kappa shape index (κ2) is 9.53. The molecule has 0 spiro atoms. The average Bonchev–Trinajstić information content (AvgIpc) is 3.23. The monoisotopic (exact) mass is 499 g/mol. The number of aromatic nitrogens is 4. The summed E-state index contributed by atoms with van der Waals surface area (Å²) < 4.78 is 33.2. The molecule has 1 unspecified atom stereocenters. The van der Waals surface area contributed by atoms with Crippen molar-refractivity contribution < 1.29 is 28.5 Å². The van der Waals surface area contributed by atoms with Crippen LogP contribution in [0.3, 0.4) is 0 Å². The highest BCUT2D eigenvalue weighted by Gasteiger charge is 2.34. The van der Waals surface area contributed by atoms with E-state index in [0.29, 0.717) is 48.8 Å². The average molecular weight is 500 g/mol. The van der Waals surface area contributed by atoms with E-state index in [9.17, 15) is 14.3 Å². The number of benzene rings is 1. The smallest absolute Gasteiger partial charge is 0.410 e. The van der Waals surface area contributed by atoms with E-state index in [-0.39, 0.29) is 24.1 Å². The Bertz CT molecular complexity index is 1260. The number of phenolic OH excluding ortho intramolecular Hbond substituents is 1. The quantitative estimate of drug-likeness (QED) is 0.554. The Labute approximate surface area is 208 Å². The first-order valence-corrected chi connectivity index (χ1v) is 12.1. The maximum atomic E-state index is 14.1. The molecule has 0 saturated carbocycles. The predicted molar refractivity (Wildman–Crippen MR) is 128 cm³/mol. The summed E-state index contributed by atoms with van der Waals surface area (Å²) in [7, 11) is 0. The van der Waals surface area contributed by atoms with Crippen LogP contribution in [0.15, 0.2) is 24.4 Å². The van der Waals surface area contributed by atoms with Gasteiger partial charge in [0.25, 0.3) is 0 Å². The first-order chi connectivity index (χ1) is 17.2. The number of hydrogen-bond acceptors (Lipinski definition) is 8. The standard InChI is InChI=1S/C25H30FN5O5/c1-25(2,3)36-24(33)30-12-15(13-30)14-35-23-17-11-27-31(20-6-4-5-9-34-20)22(17)28-21(29-23)16-7-8-19(32)18(26)10-16/h7-8,10-11,15,20,32H,4-6,9,12-14H2,1-3H3.